The van der Waals surface area contributed by atoms with Gasteiger partial charge in [-0.1, -0.05) is 18.2 Å². The average Bonchev–Trinajstić information content (AvgIpc) is 2.74. The zero-order chi connectivity index (χ0) is 26.0. The summed E-state index contributed by atoms with van der Waals surface area (Å²) >= 11 is 0. The molecule has 1 aliphatic heterocycles. The van der Waals surface area contributed by atoms with Gasteiger partial charge in [-0.25, -0.2) is 8.42 Å². The van der Waals surface area contributed by atoms with Crippen molar-refractivity contribution in [3.63, 3.8) is 0 Å². The summed E-state index contributed by atoms with van der Waals surface area (Å²) in [5.74, 6) is -1.02. The fraction of sp³-hybridized carbons (Fsp3) is 0.480. The molecule has 2 atom stereocenters. The minimum Gasteiger partial charge on any atom is -0.481 e. The number of rotatable bonds is 8. The molecule has 0 aromatic heterocycles. The Morgan fingerprint density at radius 3 is 2.20 bits per heavy atom. The quantitative estimate of drug-likeness (QED) is 0.569. The number of hydrogen-bond donors (Lipinski definition) is 1. The Hall–Kier alpha value is -2.43. The van der Waals surface area contributed by atoms with E-state index in [0.29, 0.717) is 31.6 Å². The molecule has 2 aromatic carbocycles. The molecule has 0 spiro atoms. The van der Waals surface area contributed by atoms with E-state index in [-0.39, 0.29) is 23.4 Å². The van der Waals surface area contributed by atoms with Crippen molar-refractivity contribution >= 4 is 16.0 Å². The highest BCUT2D eigenvalue weighted by Gasteiger charge is 2.38. The Bertz CT molecular complexity index is 1140. The SMILES string of the molecule is Cc1ccc(S(=O)(=O)N2[C@H](C)CN(CCCc3ccc(C(F)(F)F)cc3)C[C@@H]2C)cc1CC(=O)O. The Balaban J connectivity index is 1.62. The van der Waals surface area contributed by atoms with Crippen LogP contribution in [0.25, 0.3) is 0 Å². The summed E-state index contributed by atoms with van der Waals surface area (Å²) in [5.41, 5.74) is 1.37. The zero-order valence-corrected chi connectivity index (χ0v) is 20.9. The molecule has 0 aliphatic carbocycles. The van der Waals surface area contributed by atoms with E-state index in [4.69, 9.17) is 5.11 Å². The minimum absolute atomic E-state index is 0.0915. The van der Waals surface area contributed by atoms with Crippen LogP contribution in [-0.4, -0.2) is 60.4 Å². The van der Waals surface area contributed by atoms with E-state index < -0.39 is 27.7 Å². The molecule has 2 aromatic rings. The fourth-order valence-electron chi connectivity index (χ4n) is 4.72. The van der Waals surface area contributed by atoms with Crippen molar-refractivity contribution in [2.75, 3.05) is 19.6 Å². The Kier molecular flexibility index (Phi) is 8.28. The number of hydrogen-bond acceptors (Lipinski definition) is 4. The third-order valence-electron chi connectivity index (χ3n) is 6.37. The molecule has 0 bridgehead atoms. The van der Waals surface area contributed by atoms with Crippen molar-refractivity contribution in [3.05, 3.63) is 64.7 Å². The highest BCUT2D eigenvalue weighted by molar-refractivity contribution is 7.89. The molecule has 0 radical (unpaired) electrons. The number of piperazine rings is 1. The summed E-state index contributed by atoms with van der Waals surface area (Å²) in [6, 6.07) is 9.21. The van der Waals surface area contributed by atoms with E-state index in [1.165, 1.54) is 28.6 Å². The smallest absolute Gasteiger partial charge is 0.416 e. The highest BCUT2D eigenvalue weighted by atomic mass is 32.2. The molecule has 1 heterocycles. The van der Waals surface area contributed by atoms with E-state index >= 15 is 0 Å². The van der Waals surface area contributed by atoms with Gasteiger partial charge in [0, 0.05) is 25.2 Å². The van der Waals surface area contributed by atoms with E-state index in [9.17, 15) is 26.4 Å². The van der Waals surface area contributed by atoms with Gasteiger partial charge in [0.25, 0.3) is 0 Å². The maximum atomic E-state index is 13.4. The lowest BCUT2D eigenvalue weighted by Gasteiger charge is -2.43. The first-order valence-electron chi connectivity index (χ1n) is 11.5. The number of halogens is 3. The van der Waals surface area contributed by atoms with E-state index in [1.807, 2.05) is 13.8 Å². The van der Waals surface area contributed by atoms with Crippen molar-refractivity contribution in [1.29, 1.82) is 0 Å². The number of aryl methyl sites for hydroxylation is 2. The molecule has 0 unspecified atom stereocenters. The number of carboxylic acids is 1. The van der Waals surface area contributed by atoms with Crippen LogP contribution in [0.1, 0.15) is 42.5 Å². The van der Waals surface area contributed by atoms with Gasteiger partial charge < -0.3 is 10.0 Å². The van der Waals surface area contributed by atoms with Crippen molar-refractivity contribution < 1.29 is 31.5 Å². The first-order chi connectivity index (χ1) is 16.3. The third kappa shape index (κ3) is 6.62. The molecule has 0 saturated carbocycles. The molecule has 35 heavy (non-hydrogen) atoms. The maximum Gasteiger partial charge on any atom is 0.416 e. The van der Waals surface area contributed by atoms with Crippen LogP contribution in [0.15, 0.2) is 47.4 Å². The Morgan fingerprint density at radius 1 is 1.06 bits per heavy atom. The van der Waals surface area contributed by atoms with E-state index in [2.05, 4.69) is 4.90 Å². The van der Waals surface area contributed by atoms with Gasteiger partial charge >= 0.3 is 12.1 Å². The van der Waals surface area contributed by atoms with Gasteiger partial charge in [0.2, 0.25) is 10.0 Å². The lowest BCUT2D eigenvalue weighted by Crippen LogP contribution is -2.58. The molecule has 1 saturated heterocycles. The summed E-state index contributed by atoms with van der Waals surface area (Å²) in [6.45, 7) is 7.22. The molecule has 1 fully saturated rings. The Labute approximate surface area is 204 Å². The second kappa shape index (κ2) is 10.7. The lowest BCUT2D eigenvalue weighted by molar-refractivity contribution is -0.138. The summed E-state index contributed by atoms with van der Waals surface area (Å²) in [7, 11) is -3.82. The van der Waals surface area contributed by atoms with Gasteiger partial charge in [0.1, 0.15) is 0 Å². The molecule has 3 rings (SSSR count). The van der Waals surface area contributed by atoms with Crippen molar-refractivity contribution in [3.8, 4) is 0 Å². The largest absolute Gasteiger partial charge is 0.481 e. The summed E-state index contributed by atoms with van der Waals surface area (Å²) in [6.07, 6.45) is -3.21. The number of carboxylic acid groups (broad SMARTS) is 1. The highest BCUT2D eigenvalue weighted by Crippen LogP contribution is 2.30. The van der Waals surface area contributed by atoms with Crippen LogP contribution < -0.4 is 0 Å². The summed E-state index contributed by atoms with van der Waals surface area (Å²) in [4.78, 5) is 13.4. The topological polar surface area (TPSA) is 77.9 Å². The number of carbonyl (C=O) groups is 1. The first-order valence-corrected chi connectivity index (χ1v) is 13.0. The van der Waals surface area contributed by atoms with Crippen LogP contribution in [0.4, 0.5) is 13.2 Å². The predicted molar refractivity (Wildman–Crippen MR) is 127 cm³/mol. The monoisotopic (exact) mass is 512 g/mol. The van der Waals surface area contributed by atoms with E-state index in [0.717, 1.165) is 29.7 Å². The number of alkyl halides is 3. The number of sulfonamides is 1. The lowest BCUT2D eigenvalue weighted by atomic mass is 10.1. The van der Waals surface area contributed by atoms with Crippen molar-refractivity contribution in [1.82, 2.24) is 9.21 Å². The van der Waals surface area contributed by atoms with Gasteiger partial charge in [-0.15, -0.1) is 0 Å². The number of nitrogens with zero attached hydrogens (tertiary/aromatic N) is 2. The number of aliphatic carboxylic acids is 1. The van der Waals surface area contributed by atoms with Crippen LogP contribution in [0, 0.1) is 6.92 Å². The number of benzene rings is 2. The second-order valence-corrected chi connectivity index (χ2v) is 11.1. The third-order valence-corrected chi connectivity index (χ3v) is 8.50. The van der Waals surface area contributed by atoms with Gasteiger partial charge in [-0.3, -0.25) is 4.79 Å². The molecule has 10 heteroatoms. The zero-order valence-electron chi connectivity index (χ0n) is 20.0. The molecule has 1 aliphatic rings. The van der Waals surface area contributed by atoms with Crippen LogP contribution in [0.3, 0.4) is 0 Å². The average molecular weight is 513 g/mol. The Morgan fingerprint density at radius 2 is 1.66 bits per heavy atom. The first kappa shape index (κ1) is 27.2. The molecule has 0 amide bonds. The minimum atomic E-state index is -4.35. The standard InChI is InChI=1S/C25H31F3N2O4S/c1-17-6-11-23(13-21(17)14-24(31)32)35(33,34)30-18(2)15-29(16-19(30)3)12-4-5-20-7-9-22(10-8-20)25(26,27)28/h6-11,13,18-19H,4-5,12,14-16H2,1-3H3,(H,31,32)/t18-,19+. The predicted octanol–water partition coefficient (Wildman–Crippen LogP) is 4.36. The van der Waals surface area contributed by atoms with Crippen molar-refractivity contribution in [2.45, 2.75) is 63.2 Å². The molecular weight excluding hydrogens is 481 g/mol. The van der Waals surface area contributed by atoms with Crippen LogP contribution >= 0.6 is 0 Å². The van der Waals surface area contributed by atoms with Crippen LogP contribution in [0.2, 0.25) is 0 Å². The van der Waals surface area contributed by atoms with Gasteiger partial charge in [-0.2, -0.15) is 17.5 Å². The summed E-state index contributed by atoms with van der Waals surface area (Å²) in [5, 5.41) is 9.12. The molecule has 192 valence electrons. The molecular formula is C25H31F3N2O4S. The second-order valence-electron chi connectivity index (χ2n) is 9.25. The van der Waals surface area contributed by atoms with Crippen LogP contribution in [0.5, 0.6) is 0 Å². The maximum absolute atomic E-state index is 13.4. The van der Waals surface area contributed by atoms with Gasteiger partial charge in [-0.05, 0) is 81.1 Å². The molecule has 1 N–H and O–H groups in total. The fourth-order valence-corrected chi connectivity index (χ4v) is 6.58. The van der Waals surface area contributed by atoms with Gasteiger partial charge in [0.05, 0.1) is 16.9 Å². The molecule has 6 nitrogen and oxygen atoms in total. The van der Waals surface area contributed by atoms with Crippen LogP contribution in [-0.2, 0) is 33.8 Å². The normalized spacial score (nSPS) is 20.2. The summed E-state index contributed by atoms with van der Waals surface area (Å²) < 4.78 is 66.5. The van der Waals surface area contributed by atoms with Gasteiger partial charge in [0.15, 0.2) is 0 Å². The van der Waals surface area contributed by atoms with Crippen molar-refractivity contribution in [2.24, 2.45) is 0 Å². The van der Waals surface area contributed by atoms with E-state index in [1.54, 1.807) is 13.0 Å².